The maximum atomic E-state index is 13.7. The maximum absolute atomic E-state index is 13.7. The highest BCUT2D eigenvalue weighted by Crippen LogP contribution is 2.30. The van der Waals surface area contributed by atoms with Crippen molar-refractivity contribution in [3.05, 3.63) is 62.3 Å². The minimum absolute atomic E-state index is 0.0125. The van der Waals surface area contributed by atoms with Crippen molar-refractivity contribution in [3.8, 4) is 5.75 Å². The maximum Gasteiger partial charge on any atom is 0.183 e. The summed E-state index contributed by atoms with van der Waals surface area (Å²) in [6.45, 7) is 0.184. The highest BCUT2D eigenvalue weighted by molar-refractivity contribution is 9.10. The molecule has 0 bridgehead atoms. The second-order valence-corrected chi connectivity index (χ2v) is 5.31. The molecular formula is C13H8BrCl2FO. The predicted octanol–water partition coefficient (Wildman–Crippen LogP) is 5.47. The first-order valence-electron chi connectivity index (χ1n) is 5.08. The van der Waals surface area contributed by atoms with Gasteiger partial charge in [-0.15, -0.1) is 0 Å². The summed E-state index contributed by atoms with van der Waals surface area (Å²) in [5, 5.41) is 0.595. The van der Waals surface area contributed by atoms with Crippen LogP contribution in [0.3, 0.4) is 0 Å². The zero-order valence-electron chi connectivity index (χ0n) is 9.09. The first-order valence-corrected chi connectivity index (χ1v) is 6.63. The van der Waals surface area contributed by atoms with E-state index in [1.807, 2.05) is 18.2 Å². The van der Waals surface area contributed by atoms with E-state index in [4.69, 9.17) is 27.9 Å². The molecule has 2 aromatic rings. The Balaban J connectivity index is 2.18. The molecule has 0 aliphatic carbocycles. The lowest BCUT2D eigenvalue weighted by Crippen LogP contribution is -1.98. The van der Waals surface area contributed by atoms with Crippen LogP contribution in [0.5, 0.6) is 5.75 Å². The van der Waals surface area contributed by atoms with Crippen LogP contribution in [0.15, 0.2) is 40.9 Å². The molecule has 2 rings (SSSR count). The van der Waals surface area contributed by atoms with Gasteiger partial charge in [0, 0.05) is 15.1 Å². The average Bonchev–Trinajstić information content (AvgIpc) is 2.33. The third-order valence-corrected chi connectivity index (χ3v) is 3.40. The smallest absolute Gasteiger partial charge is 0.183 e. The van der Waals surface area contributed by atoms with Gasteiger partial charge in [0.15, 0.2) is 11.6 Å². The average molecular weight is 350 g/mol. The highest BCUT2D eigenvalue weighted by atomic mass is 79.9. The van der Waals surface area contributed by atoms with E-state index in [9.17, 15) is 4.39 Å². The van der Waals surface area contributed by atoms with Crippen LogP contribution in [-0.2, 0) is 6.61 Å². The van der Waals surface area contributed by atoms with Gasteiger partial charge in [-0.1, -0.05) is 57.3 Å². The number of rotatable bonds is 3. The van der Waals surface area contributed by atoms with Crippen molar-refractivity contribution in [2.45, 2.75) is 6.61 Å². The second-order valence-electron chi connectivity index (χ2n) is 3.58. The van der Waals surface area contributed by atoms with Gasteiger partial charge in [-0.2, -0.15) is 0 Å². The Bertz CT molecular complexity index is 575. The Kier molecular flexibility index (Phi) is 4.49. The van der Waals surface area contributed by atoms with Gasteiger partial charge < -0.3 is 4.74 Å². The lowest BCUT2D eigenvalue weighted by atomic mass is 10.2. The lowest BCUT2D eigenvalue weighted by molar-refractivity contribution is 0.290. The summed E-state index contributed by atoms with van der Waals surface area (Å²) in [5.41, 5.74) is 0.787. The van der Waals surface area contributed by atoms with Gasteiger partial charge in [-0.25, -0.2) is 4.39 Å². The molecule has 2 aromatic carbocycles. The van der Waals surface area contributed by atoms with Gasteiger partial charge in [-0.05, 0) is 18.2 Å². The van der Waals surface area contributed by atoms with E-state index in [2.05, 4.69) is 15.9 Å². The van der Waals surface area contributed by atoms with Gasteiger partial charge in [0.2, 0.25) is 0 Å². The van der Waals surface area contributed by atoms with Crippen LogP contribution in [0.2, 0.25) is 10.0 Å². The zero-order valence-corrected chi connectivity index (χ0v) is 12.2. The number of ether oxygens (including phenoxy) is 1. The number of hydrogen-bond acceptors (Lipinski definition) is 1. The summed E-state index contributed by atoms with van der Waals surface area (Å²) in [6, 6.07) is 10.2. The SMILES string of the molecule is Fc1c(Cl)cc(Br)cc1OCc1ccccc1Cl. The molecule has 0 unspecified atom stereocenters. The molecule has 0 radical (unpaired) electrons. The Morgan fingerprint density at radius 1 is 1.11 bits per heavy atom. The topological polar surface area (TPSA) is 9.23 Å². The molecular weight excluding hydrogens is 342 g/mol. The fourth-order valence-electron chi connectivity index (χ4n) is 1.41. The summed E-state index contributed by atoms with van der Waals surface area (Å²) < 4.78 is 19.7. The van der Waals surface area contributed by atoms with Gasteiger partial charge in [0.1, 0.15) is 6.61 Å². The van der Waals surface area contributed by atoms with Crippen LogP contribution in [0.25, 0.3) is 0 Å². The van der Waals surface area contributed by atoms with Crippen LogP contribution in [0.4, 0.5) is 4.39 Å². The van der Waals surface area contributed by atoms with E-state index < -0.39 is 5.82 Å². The van der Waals surface area contributed by atoms with E-state index in [0.29, 0.717) is 9.50 Å². The Labute approximate surface area is 123 Å². The number of benzene rings is 2. The van der Waals surface area contributed by atoms with Crippen LogP contribution in [0.1, 0.15) is 5.56 Å². The lowest BCUT2D eigenvalue weighted by Gasteiger charge is -2.09. The normalized spacial score (nSPS) is 10.4. The molecule has 5 heteroatoms. The van der Waals surface area contributed by atoms with Crippen LogP contribution in [0, 0.1) is 5.82 Å². The number of hydrogen-bond donors (Lipinski definition) is 0. The van der Waals surface area contributed by atoms with Crippen molar-refractivity contribution in [2.24, 2.45) is 0 Å². The summed E-state index contributed by atoms with van der Waals surface area (Å²) in [6.07, 6.45) is 0. The number of halogens is 4. The molecule has 0 aliphatic heterocycles. The van der Waals surface area contributed by atoms with E-state index in [0.717, 1.165) is 5.56 Å². The van der Waals surface area contributed by atoms with E-state index in [1.165, 1.54) is 12.1 Å². The summed E-state index contributed by atoms with van der Waals surface area (Å²) in [5.74, 6) is -0.485. The van der Waals surface area contributed by atoms with Gasteiger partial charge >= 0.3 is 0 Å². The van der Waals surface area contributed by atoms with E-state index >= 15 is 0 Å². The van der Waals surface area contributed by atoms with Crippen LogP contribution >= 0.6 is 39.1 Å². The van der Waals surface area contributed by atoms with E-state index in [1.54, 1.807) is 6.07 Å². The largest absolute Gasteiger partial charge is 0.486 e. The fraction of sp³-hybridized carbons (Fsp3) is 0.0769. The monoisotopic (exact) mass is 348 g/mol. The molecule has 0 atom stereocenters. The van der Waals surface area contributed by atoms with Crippen molar-refractivity contribution in [2.75, 3.05) is 0 Å². The summed E-state index contributed by atoms with van der Waals surface area (Å²) in [4.78, 5) is 0. The molecule has 0 saturated heterocycles. The van der Waals surface area contributed by atoms with Crippen molar-refractivity contribution in [1.29, 1.82) is 0 Å². The third-order valence-electron chi connectivity index (χ3n) is 2.30. The molecule has 18 heavy (non-hydrogen) atoms. The summed E-state index contributed by atoms with van der Waals surface area (Å²) >= 11 is 14.9. The molecule has 0 heterocycles. The minimum atomic E-state index is -0.577. The van der Waals surface area contributed by atoms with Gasteiger partial charge in [0.05, 0.1) is 5.02 Å². The quantitative estimate of drug-likeness (QED) is 0.667. The van der Waals surface area contributed by atoms with Crippen molar-refractivity contribution >= 4 is 39.1 Å². The molecule has 0 saturated carbocycles. The molecule has 0 spiro atoms. The minimum Gasteiger partial charge on any atom is -0.486 e. The molecule has 94 valence electrons. The highest BCUT2D eigenvalue weighted by Gasteiger charge is 2.10. The second kappa shape index (κ2) is 5.91. The van der Waals surface area contributed by atoms with Crippen LogP contribution in [-0.4, -0.2) is 0 Å². The Hall–Kier alpha value is -0.770. The van der Waals surface area contributed by atoms with E-state index in [-0.39, 0.29) is 17.4 Å². The molecule has 0 aliphatic rings. The summed E-state index contributed by atoms with van der Waals surface area (Å²) in [7, 11) is 0. The third kappa shape index (κ3) is 3.16. The Morgan fingerprint density at radius 3 is 2.56 bits per heavy atom. The molecule has 0 aromatic heterocycles. The van der Waals surface area contributed by atoms with Crippen LogP contribution < -0.4 is 4.74 Å². The standard InChI is InChI=1S/C13H8BrCl2FO/c14-9-5-11(16)13(17)12(6-9)18-7-8-3-1-2-4-10(8)15/h1-6H,7H2. The van der Waals surface area contributed by atoms with Gasteiger partial charge in [0.25, 0.3) is 0 Å². The molecule has 0 amide bonds. The van der Waals surface area contributed by atoms with Crippen molar-refractivity contribution in [1.82, 2.24) is 0 Å². The molecule has 0 N–H and O–H groups in total. The van der Waals surface area contributed by atoms with Gasteiger partial charge in [-0.3, -0.25) is 0 Å². The predicted molar refractivity (Wildman–Crippen MR) is 74.9 cm³/mol. The molecule has 0 fully saturated rings. The van der Waals surface area contributed by atoms with Crippen molar-refractivity contribution in [3.63, 3.8) is 0 Å². The first kappa shape index (κ1) is 13.7. The molecule has 1 nitrogen and oxygen atoms in total. The first-order chi connectivity index (χ1) is 8.58. The Morgan fingerprint density at radius 2 is 1.83 bits per heavy atom. The fourth-order valence-corrected chi connectivity index (χ4v) is 2.38. The zero-order chi connectivity index (χ0) is 13.1. The van der Waals surface area contributed by atoms with Crippen molar-refractivity contribution < 1.29 is 9.13 Å².